The van der Waals surface area contributed by atoms with Crippen molar-refractivity contribution in [3.8, 4) is 0 Å². The van der Waals surface area contributed by atoms with Crippen molar-refractivity contribution in [1.82, 2.24) is 0 Å². The highest BCUT2D eigenvalue weighted by molar-refractivity contribution is 5.95. The molecule has 0 radical (unpaired) electrons. The van der Waals surface area contributed by atoms with Gasteiger partial charge in [0, 0.05) is 17.8 Å². The summed E-state index contributed by atoms with van der Waals surface area (Å²) < 4.78 is 0. The number of Topliss-reactive ketones (excluding diaryl/α,β-unsaturated/α-hetero) is 1. The van der Waals surface area contributed by atoms with Crippen LogP contribution in [0.25, 0.3) is 0 Å². The molecule has 0 saturated carbocycles. The van der Waals surface area contributed by atoms with Gasteiger partial charge in [0.1, 0.15) is 0 Å². The van der Waals surface area contributed by atoms with Gasteiger partial charge in [0.05, 0.1) is 12.9 Å². The maximum absolute atomic E-state index is 11.2. The van der Waals surface area contributed by atoms with Gasteiger partial charge >= 0.3 is 0 Å². The summed E-state index contributed by atoms with van der Waals surface area (Å²) in [7, 11) is 0. The van der Waals surface area contributed by atoms with Crippen molar-refractivity contribution in [3.63, 3.8) is 0 Å². The molecule has 3 heteroatoms. The Morgan fingerprint density at radius 3 is 3.00 bits per heavy atom. The van der Waals surface area contributed by atoms with E-state index >= 15 is 0 Å². The van der Waals surface area contributed by atoms with Gasteiger partial charge in [-0.25, -0.2) is 0 Å². The summed E-state index contributed by atoms with van der Waals surface area (Å²) in [4.78, 5) is 17.3. The lowest BCUT2D eigenvalue weighted by molar-refractivity contribution is 0.101. The number of hydrogen-bond acceptors (Lipinski definition) is 3. The molecule has 0 aromatic heterocycles. The molecule has 0 fully saturated rings. The molecule has 1 heterocycles. The number of ketones is 1. The first kappa shape index (κ1) is 8.94. The number of aliphatic imine (C=N–C) groups is 1. The predicted molar refractivity (Wildman–Crippen MR) is 57.2 cm³/mol. The molecule has 1 aromatic rings. The van der Waals surface area contributed by atoms with Gasteiger partial charge in [0.25, 0.3) is 0 Å². The van der Waals surface area contributed by atoms with Crippen molar-refractivity contribution >= 4 is 17.8 Å². The van der Waals surface area contributed by atoms with Crippen LogP contribution in [0.15, 0.2) is 29.3 Å². The molecule has 0 atom stereocenters. The summed E-state index contributed by atoms with van der Waals surface area (Å²) in [6.45, 7) is 3.32. The van der Waals surface area contributed by atoms with E-state index in [0.717, 1.165) is 24.3 Å². The number of carbonyl (C=O) groups excluding carboxylic acids is 1. The van der Waals surface area contributed by atoms with Crippen LogP contribution in [-0.2, 0) is 0 Å². The van der Waals surface area contributed by atoms with Gasteiger partial charge < -0.3 is 4.90 Å². The Hall–Kier alpha value is -1.64. The van der Waals surface area contributed by atoms with E-state index < -0.39 is 0 Å². The maximum atomic E-state index is 11.2. The SMILES string of the molecule is CC(=O)c1cccc(N2C=NCC2)c1. The van der Waals surface area contributed by atoms with Crippen LogP contribution in [0.1, 0.15) is 17.3 Å². The molecule has 0 saturated heterocycles. The van der Waals surface area contributed by atoms with Gasteiger partial charge in [0.2, 0.25) is 0 Å². The van der Waals surface area contributed by atoms with E-state index in [0.29, 0.717) is 0 Å². The van der Waals surface area contributed by atoms with Crippen LogP contribution in [-0.4, -0.2) is 25.2 Å². The van der Waals surface area contributed by atoms with E-state index in [2.05, 4.69) is 4.99 Å². The molecule has 0 amide bonds. The summed E-state index contributed by atoms with van der Waals surface area (Å²) in [6.07, 6.45) is 1.82. The van der Waals surface area contributed by atoms with Crippen LogP contribution in [0.5, 0.6) is 0 Å². The lowest BCUT2D eigenvalue weighted by Crippen LogP contribution is -2.18. The minimum atomic E-state index is 0.1000. The lowest BCUT2D eigenvalue weighted by Gasteiger charge is -2.14. The van der Waals surface area contributed by atoms with E-state index in [9.17, 15) is 4.79 Å². The van der Waals surface area contributed by atoms with Crippen molar-refractivity contribution in [3.05, 3.63) is 29.8 Å². The van der Waals surface area contributed by atoms with Crippen LogP contribution < -0.4 is 4.90 Å². The predicted octanol–water partition coefficient (Wildman–Crippen LogP) is 1.74. The van der Waals surface area contributed by atoms with Gasteiger partial charge in [-0.05, 0) is 19.1 Å². The van der Waals surface area contributed by atoms with Crippen LogP contribution in [0.2, 0.25) is 0 Å². The number of hydrogen-bond donors (Lipinski definition) is 0. The molecule has 1 aliphatic rings. The Labute approximate surface area is 83.1 Å². The van der Waals surface area contributed by atoms with Crippen molar-refractivity contribution in [2.75, 3.05) is 18.0 Å². The molecular formula is C11H12N2O. The third-order valence-electron chi connectivity index (χ3n) is 2.28. The van der Waals surface area contributed by atoms with E-state index in [4.69, 9.17) is 0 Å². The monoisotopic (exact) mass is 188 g/mol. The average molecular weight is 188 g/mol. The fourth-order valence-corrected chi connectivity index (χ4v) is 1.48. The fourth-order valence-electron chi connectivity index (χ4n) is 1.48. The second kappa shape index (κ2) is 3.62. The third-order valence-corrected chi connectivity index (χ3v) is 2.28. The van der Waals surface area contributed by atoms with E-state index in [-0.39, 0.29) is 5.78 Å². The normalized spacial score (nSPS) is 14.8. The van der Waals surface area contributed by atoms with Crippen LogP contribution in [0.4, 0.5) is 5.69 Å². The van der Waals surface area contributed by atoms with E-state index in [1.54, 1.807) is 6.92 Å². The van der Waals surface area contributed by atoms with Gasteiger partial charge in [-0.2, -0.15) is 0 Å². The fraction of sp³-hybridized carbons (Fsp3) is 0.273. The zero-order valence-electron chi connectivity index (χ0n) is 8.10. The van der Waals surface area contributed by atoms with Gasteiger partial charge in [-0.15, -0.1) is 0 Å². The summed E-state index contributed by atoms with van der Waals surface area (Å²) in [5, 5.41) is 0. The quantitative estimate of drug-likeness (QED) is 0.662. The van der Waals surface area contributed by atoms with Gasteiger partial charge in [0.15, 0.2) is 5.78 Å². The number of rotatable bonds is 2. The summed E-state index contributed by atoms with van der Waals surface area (Å²) >= 11 is 0. The molecule has 0 aliphatic carbocycles. The molecule has 0 unspecified atom stereocenters. The highest BCUT2D eigenvalue weighted by atomic mass is 16.1. The Kier molecular flexibility index (Phi) is 2.31. The smallest absolute Gasteiger partial charge is 0.159 e. The number of benzene rings is 1. The molecule has 1 aromatic carbocycles. The number of anilines is 1. The Balaban J connectivity index is 2.30. The van der Waals surface area contributed by atoms with Crippen molar-refractivity contribution in [2.45, 2.75) is 6.92 Å². The Bertz CT molecular complexity index is 385. The zero-order valence-corrected chi connectivity index (χ0v) is 8.10. The molecule has 2 rings (SSSR count). The largest absolute Gasteiger partial charge is 0.331 e. The van der Waals surface area contributed by atoms with E-state index in [1.807, 2.05) is 35.5 Å². The van der Waals surface area contributed by atoms with Crippen LogP contribution in [0, 0.1) is 0 Å². The highest BCUT2D eigenvalue weighted by Gasteiger charge is 2.09. The highest BCUT2D eigenvalue weighted by Crippen LogP contribution is 2.16. The van der Waals surface area contributed by atoms with Gasteiger partial charge in [-0.3, -0.25) is 9.79 Å². The average Bonchev–Trinajstić information content (AvgIpc) is 2.71. The first-order valence-corrected chi connectivity index (χ1v) is 4.65. The van der Waals surface area contributed by atoms with Gasteiger partial charge in [-0.1, -0.05) is 12.1 Å². The summed E-state index contributed by atoms with van der Waals surface area (Å²) in [5.41, 5.74) is 1.79. The van der Waals surface area contributed by atoms with Crippen LogP contribution >= 0.6 is 0 Å². The third kappa shape index (κ3) is 1.66. The minimum Gasteiger partial charge on any atom is -0.331 e. The topological polar surface area (TPSA) is 32.7 Å². The van der Waals surface area contributed by atoms with Crippen LogP contribution in [0.3, 0.4) is 0 Å². The number of nitrogens with zero attached hydrogens (tertiary/aromatic N) is 2. The molecule has 0 bridgehead atoms. The maximum Gasteiger partial charge on any atom is 0.159 e. The number of carbonyl (C=O) groups is 1. The standard InChI is InChI=1S/C11H12N2O/c1-9(14)10-3-2-4-11(7-10)13-6-5-12-8-13/h2-4,7-8H,5-6H2,1H3. The van der Waals surface area contributed by atoms with Crippen molar-refractivity contribution in [2.24, 2.45) is 4.99 Å². The molecule has 0 N–H and O–H groups in total. The second-order valence-corrected chi connectivity index (χ2v) is 3.32. The zero-order chi connectivity index (χ0) is 9.97. The van der Waals surface area contributed by atoms with E-state index in [1.165, 1.54) is 0 Å². The Morgan fingerprint density at radius 1 is 1.50 bits per heavy atom. The molecule has 72 valence electrons. The second-order valence-electron chi connectivity index (χ2n) is 3.32. The van der Waals surface area contributed by atoms with Crippen molar-refractivity contribution < 1.29 is 4.79 Å². The molecule has 14 heavy (non-hydrogen) atoms. The minimum absolute atomic E-state index is 0.1000. The molecular weight excluding hydrogens is 176 g/mol. The lowest BCUT2D eigenvalue weighted by atomic mass is 10.1. The molecule has 1 aliphatic heterocycles. The summed E-state index contributed by atoms with van der Waals surface area (Å²) in [5.74, 6) is 0.1000. The Morgan fingerprint density at radius 2 is 2.36 bits per heavy atom. The molecule has 3 nitrogen and oxygen atoms in total. The molecule has 0 spiro atoms. The van der Waals surface area contributed by atoms with Crippen molar-refractivity contribution in [1.29, 1.82) is 0 Å². The summed E-state index contributed by atoms with van der Waals surface area (Å²) in [6, 6.07) is 7.63. The first-order valence-electron chi connectivity index (χ1n) is 4.65. The first-order chi connectivity index (χ1) is 6.77.